The Kier molecular flexibility index (Phi) is 3.37. The molecule has 3 atom stereocenters. The summed E-state index contributed by atoms with van der Waals surface area (Å²) in [4.78, 5) is 27.4. The highest BCUT2D eigenvalue weighted by atomic mass is 19.1. The lowest BCUT2D eigenvalue weighted by atomic mass is 9.95. The van der Waals surface area contributed by atoms with Crippen molar-refractivity contribution >= 4 is 34.1 Å². The van der Waals surface area contributed by atoms with E-state index >= 15 is 0 Å². The summed E-state index contributed by atoms with van der Waals surface area (Å²) in [5.74, 6) is -0.400. The van der Waals surface area contributed by atoms with E-state index in [1.807, 2.05) is 12.1 Å². The number of hydrogen-bond acceptors (Lipinski definition) is 4. The third-order valence-electron chi connectivity index (χ3n) is 4.64. The van der Waals surface area contributed by atoms with Gasteiger partial charge in [0, 0.05) is 36.2 Å². The monoisotopic (exact) mass is 328 g/mol. The molecule has 2 aromatic rings. The number of benzene rings is 1. The molecule has 0 spiro atoms. The summed E-state index contributed by atoms with van der Waals surface area (Å²) in [5, 5.41) is 7.07. The number of amides is 2. The maximum atomic E-state index is 13.0. The molecule has 124 valence electrons. The molecule has 4 rings (SSSR count). The van der Waals surface area contributed by atoms with Crippen molar-refractivity contribution in [1.29, 1.82) is 0 Å². The first-order valence-electron chi connectivity index (χ1n) is 7.92. The summed E-state index contributed by atoms with van der Waals surface area (Å²) in [6.45, 7) is 0.595. The van der Waals surface area contributed by atoms with Gasteiger partial charge in [-0.05, 0) is 29.5 Å². The van der Waals surface area contributed by atoms with Gasteiger partial charge >= 0.3 is 0 Å². The zero-order valence-electron chi connectivity index (χ0n) is 12.9. The Morgan fingerprint density at radius 2 is 2.17 bits per heavy atom. The molecular formula is C17H17FN4O2. The zero-order chi connectivity index (χ0) is 16.8. The van der Waals surface area contributed by atoms with Crippen LogP contribution in [0.25, 0.3) is 10.8 Å². The van der Waals surface area contributed by atoms with Gasteiger partial charge in [0.15, 0.2) is 0 Å². The number of halogens is 1. The number of nitrogen functional groups attached to an aromatic ring is 1. The van der Waals surface area contributed by atoms with Crippen LogP contribution in [0.5, 0.6) is 0 Å². The number of carbonyl (C=O) groups excluding carboxylic acids is 2. The van der Waals surface area contributed by atoms with E-state index in [1.54, 1.807) is 12.3 Å². The van der Waals surface area contributed by atoms with Gasteiger partial charge < -0.3 is 16.4 Å². The van der Waals surface area contributed by atoms with E-state index in [9.17, 15) is 14.0 Å². The van der Waals surface area contributed by atoms with Crippen molar-refractivity contribution in [3.63, 3.8) is 0 Å². The molecule has 1 aliphatic heterocycles. The average molecular weight is 328 g/mol. The molecule has 0 bridgehead atoms. The summed E-state index contributed by atoms with van der Waals surface area (Å²) < 4.78 is 13.0. The second-order valence-corrected chi connectivity index (χ2v) is 6.45. The molecule has 1 aromatic carbocycles. The van der Waals surface area contributed by atoms with E-state index in [2.05, 4.69) is 15.6 Å². The number of nitrogens with one attached hydrogen (secondary N) is 2. The van der Waals surface area contributed by atoms with Gasteiger partial charge in [0.1, 0.15) is 12.0 Å². The minimum atomic E-state index is -1.04. The minimum Gasteiger partial charge on any atom is -0.398 e. The number of nitrogens with two attached hydrogens (primary N) is 1. The van der Waals surface area contributed by atoms with Gasteiger partial charge in [0.25, 0.3) is 0 Å². The Bertz CT molecular complexity index is 854. The predicted molar refractivity (Wildman–Crippen MR) is 88.2 cm³/mol. The lowest BCUT2D eigenvalue weighted by Gasteiger charge is -2.12. The van der Waals surface area contributed by atoms with Crippen molar-refractivity contribution in [3.05, 3.63) is 30.0 Å². The first-order chi connectivity index (χ1) is 11.5. The van der Waals surface area contributed by atoms with Crippen molar-refractivity contribution in [1.82, 2.24) is 10.3 Å². The maximum Gasteiger partial charge on any atom is 0.231 e. The SMILES string of the molecule is Nc1cc(C2CNC(=O)C2)cc2cc(NC(=O)[C@@H]3C[C@@H]3F)ncc12. The normalized spacial score (nSPS) is 25.5. The molecule has 1 aromatic heterocycles. The minimum absolute atomic E-state index is 0.0339. The molecule has 24 heavy (non-hydrogen) atoms. The van der Waals surface area contributed by atoms with Crippen LogP contribution in [0.15, 0.2) is 24.4 Å². The second kappa shape index (κ2) is 5.43. The molecule has 2 heterocycles. The number of alkyl halides is 1. The molecule has 1 unspecified atom stereocenters. The Morgan fingerprint density at radius 3 is 2.83 bits per heavy atom. The van der Waals surface area contributed by atoms with Crippen LogP contribution in [0.3, 0.4) is 0 Å². The number of fused-ring (bicyclic) bond motifs is 1. The van der Waals surface area contributed by atoms with E-state index in [0.29, 0.717) is 24.5 Å². The van der Waals surface area contributed by atoms with Crippen LogP contribution in [0, 0.1) is 5.92 Å². The number of rotatable bonds is 3. The smallest absolute Gasteiger partial charge is 0.231 e. The quantitative estimate of drug-likeness (QED) is 0.747. The van der Waals surface area contributed by atoms with Gasteiger partial charge in [-0.2, -0.15) is 0 Å². The Labute approximate surface area is 137 Å². The van der Waals surface area contributed by atoms with Gasteiger partial charge in [0.2, 0.25) is 11.8 Å². The Hall–Kier alpha value is -2.70. The van der Waals surface area contributed by atoms with E-state index < -0.39 is 12.1 Å². The third kappa shape index (κ3) is 2.66. The van der Waals surface area contributed by atoms with Crippen LogP contribution in [-0.4, -0.2) is 29.5 Å². The Morgan fingerprint density at radius 1 is 1.38 bits per heavy atom. The van der Waals surface area contributed by atoms with E-state index in [4.69, 9.17) is 5.73 Å². The van der Waals surface area contributed by atoms with Gasteiger partial charge in [-0.1, -0.05) is 6.07 Å². The fourth-order valence-electron chi connectivity index (χ4n) is 3.11. The number of pyridine rings is 1. The first kappa shape index (κ1) is 14.9. The molecule has 2 fully saturated rings. The molecule has 2 amide bonds. The van der Waals surface area contributed by atoms with Crippen LogP contribution in [0.4, 0.5) is 15.9 Å². The van der Waals surface area contributed by atoms with Gasteiger partial charge in [-0.25, -0.2) is 9.37 Å². The van der Waals surface area contributed by atoms with Gasteiger partial charge in [-0.15, -0.1) is 0 Å². The number of nitrogens with zero attached hydrogens (tertiary/aromatic N) is 1. The number of anilines is 2. The van der Waals surface area contributed by atoms with Crippen LogP contribution in [0.2, 0.25) is 0 Å². The summed E-state index contributed by atoms with van der Waals surface area (Å²) in [6.07, 6.45) is 1.28. The first-order valence-corrected chi connectivity index (χ1v) is 7.92. The molecule has 6 nitrogen and oxygen atoms in total. The zero-order valence-corrected chi connectivity index (χ0v) is 12.9. The topological polar surface area (TPSA) is 97.1 Å². The van der Waals surface area contributed by atoms with Gasteiger partial charge in [-0.3, -0.25) is 9.59 Å². The molecule has 1 aliphatic carbocycles. The lowest BCUT2D eigenvalue weighted by Crippen LogP contribution is -2.15. The molecule has 1 saturated carbocycles. The van der Waals surface area contributed by atoms with E-state index in [0.717, 1.165) is 16.3 Å². The highest BCUT2D eigenvalue weighted by Gasteiger charge is 2.43. The number of carbonyl (C=O) groups is 2. The average Bonchev–Trinajstić information content (AvgIpc) is 3.12. The molecule has 2 aliphatic rings. The standard InChI is InChI=1S/C17H17FN4O2/c18-13-5-11(13)17(24)22-15-3-9-1-8(10-4-16(23)21-6-10)2-14(19)12(9)7-20-15/h1-3,7,10-11,13H,4-6,19H2,(H,21,23)(H,20,22,24)/t10?,11-,13+/m1/s1. The fraction of sp³-hybridized carbons (Fsp3) is 0.353. The highest BCUT2D eigenvalue weighted by molar-refractivity contribution is 5.98. The summed E-state index contributed by atoms with van der Waals surface area (Å²) in [6, 6.07) is 5.56. The summed E-state index contributed by atoms with van der Waals surface area (Å²) in [5.41, 5.74) is 7.67. The number of hydrogen-bond donors (Lipinski definition) is 3. The van der Waals surface area contributed by atoms with Crippen LogP contribution in [0.1, 0.15) is 24.3 Å². The lowest BCUT2D eigenvalue weighted by molar-refractivity contribution is -0.119. The molecule has 7 heteroatoms. The van der Waals surface area contributed by atoms with Crippen LogP contribution in [-0.2, 0) is 9.59 Å². The van der Waals surface area contributed by atoms with Crippen LogP contribution < -0.4 is 16.4 Å². The summed E-state index contributed by atoms with van der Waals surface area (Å²) in [7, 11) is 0. The highest BCUT2D eigenvalue weighted by Crippen LogP contribution is 2.35. The van der Waals surface area contributed by atoms with Crippen molar-refractivity contribution < 1.29 is 14.0 Å². The fourth-order valence-corrected chi connectivity index (χ4v) is 3.11. The van der Waals surface area contributed by atoms with Crippen molar-refractivity contribution in [2.75, 3.05) is 17.6 Å². The molecule has 0 radical (unpaired) electrons. The predicted octanol–water partition coefficient (Wildman–Crippen LogP) is 1.72. The van der Waals surface area contributed by atoms with Crippen molar-refractivity contribution in [2.45, 2.75) is 24.9 Å². The van der Waals surface area contributed by atoms with Crippen molar-refractivity contribution in [3.8, 4) is 0 Å². The molecular weight excluding hydrogens is 311 g/mol. The van der Waals surface area contributed by atoms with Gasteiger partial charge in [0.05, 0.1) is 5.92 Å². The van der Waals surface area contributed by atoms with E-state index in [-0.39, 0.29) is 24.2 Å². The molecule has 1 saturated heterocycles. The van der Waals surface area contributed by atoms with E-state index in [1.165, 1.54) is 0 Å². The van der Waals surface area contributed by atoms with Crippen molar-refractivity contribution in [2.24, 2.45) is 5.92 Å². The Balaban J connectivity index is 1.64. The second-order valence-electron chi connectivity index (χ2n) is 6.45. The maximum absolute atomic E-state index is 13.0. The van der Waals surface area contributed by atoms with Crippen LogP contribution >= 0.6 is 0 Å². The summed E-state index contributed by atoms with van der Waals surface area (Å²) >= 11 is 0. The third-order valence-corrected chi connectivity index (χ3v) is 4.64. The molecule has 4 N–H and O–H groups in total. The largest absolute Gasteiger partial charge is 0.398 e. The number of aromatic nitrogens is 1.